The minimum Gasteiger partial charge on any atom is -0.368 e. The average molecular weight is 359 g/mol. The van der Waals surface area contributed by atoms with Gasteiger partial charge in [-0.1, -0.05) is 17.7 Å². The van der Waals surface area contributed by atoms with Crippen molar-refractivity contribution in [3.8, 4) is 10.7 Å². The molecule has 6 heteroatoms. The van der Waals surface area contributed by atoms with E-state index in [1.807, 2.05) is 35.7 Å². The van der Waals surface area contributed by atoms with Crippen molar-refractivity contribution in [3.63, 3.8) is 0 Å². The van der Waals surface area contributed by atoms with Gasteiger partial charge < -0.3 is 10.2 Å². The van der Waals surface area contributed by atoms with Crippen LogP contribution in [0.2, 0.25) is 5.02 Å². The number of nitrogens with one attached hydrogen (secondary N) is 1. The number of hydrogen-bond acceptors (Lipinski definition) is 5. The molecule has 0 bridgehead atoms. The summed E-state index contributed by atoms with van der Waals surface area (Å²) in [7, 11) is 0. The molecule has 0 amide bonds. The van der Waals surface area contributed by atoms with E-state index < -0.39 is 0 Å². The van der Waals surface area contributed by atoms with Gasteiger partial charge in [0.2, 0.25) is 0 Å². The normalized spacial score (nSPS) is 15.2. The second-order valence-corrected chi connectivity index (χ2v) is 7.39. The molecule has 0 spiro atoms. The van der Waals surface area contributed by atoms with Gasteiger partial charge in [0.15, 0.2) is 5.82 Å². The van der Waals surface area contributed by atoms with Crippen LogP contribution >= 0.6 is 22.9 Å². The van der Waals surface area contributed by atoms with Gasteiger partial charge in [0.05, 0.1) is 10.4 Å². The number of benzene rings is 1. The van der Waals surface area contributed by atoms with Crippen LogP contribution < -0.4 is 5.32 Å². The highest BCUT2D eigenvalue weighted by atomic mass is 35.5. The van der Waals surface area contributed by atoms with Gasteiger partial charge in [0.25, 0.3) is 0 Å². The summed E-state index contributed by atoms with van der Waals surface area (Å²) in [6.07, 6.45) is 2.63. The highest BCUT2D eigenvalue weighted by Gasteiger charge is 2.13. The largest absolute Gasteiger partial charge is 0.368 e. The Morgan fingerprint density at radius 3 is 2.83 bits per heavy atom. The van der Waals surface area contributed by atoms with Crippen molar-refractivity contribution in [3.05, 3.63) is 40.7 Å². The SMILES string of the molecule is Clc1ccc2c(NCCN3CCCC3)nc(-c3cccs3)nc2c1. The summed E-state index contributed by atoms with van der Waals surface area (Å²) in [6, 6.07) is 9.86. The van der Waals surface area contributed by atoms with Crippen LogP contribution in [0, 0.1) is 0 Å². The lowest BCUT2D eigenvalue weighted by molar-refractivity contribution is 0.352. The topological polar surface area (TPSA) is 41.0 Å². The molecule has 4 rings (SSSR count). The summed E-state index contributed by atoms with van der Waals surface area (Å²) in [4.78, 5) is 13.0. The van der Waals surface area contributed by atoms with E-state index in [0.717, 1.165) is 40.5 Å². The fraction of sp³-hybridized carbons (Fsp3) is 0.333. The third kappa shape index (κ3) is 3.38. The van der Waals surface area contributed by atoms with Crippen molar-refractivity contribution < 1.29 is 0 Å². The fourth-order valence-electron chi connectivity index (χ4n) is 3.09. The summed E-state index contributed by atoms with van der Waals surface area (Å²) in [6.45, 7) is 4.36. The molecular formula is C18H19ClN4S. The van der Waals surface area contributed by atoms with Crippen LogP contribution in [0.3, 0.4) is 0 Å². The average Bonchev–Trinajstić information content (AvgIpc) is 3.28. The number of fused-ring (bicyclic) bond motifs is 1. The van der Waals surface area contributed by atoms with Crippen LogP contribution in [-0.2, 0) is 0 Å². The number of aromatic nitrogens is 2. The molecule has 4 nitrogen and oxygen atoms in total. The molecule has 1 N–H and O–H groups in total. The highest BCUT2D eigenvalue weighted by Crippen LogP contribution is 2.29. The molecule has 0 radical (unpaired) electrons. The molecule has 3 aromatic rings. The maximum Gasteiger partial charge on any atom is 0.172 e. The first-order chi connectivity index (χ1) is 11.8. The molecule has 0 atom stereocenters. The molecule has 1 aliphatic rings. The van der Waals surface area contributed by atoms with Gasteiger partial charge in [-0.25, -0.2) is 9.97 Å². The van der Waals surface area contributed by atoms with Crippen molar-refractivity contribution in [1.82, 2.24) is 14.9 Å². The molecule has 1 aliphatic heterocycles. The third-order valence-corrected chi connectivity index (χ3v) is 5.42. The van der Waals surface area contributed by atoms with Gasteiger partial charge in [-0.05, 0) is 55.6 Å². The van der Waals surface area contributed by atoms with E-state index in [0.29, 0.717) is 5.02 Å². The Balaban J connectivity index is 1.63. The molecule has 0 unspecified atom stereocenters. The van der Waals surface area contributed by atoms with Crippen LogP contribution in [0.15, 0.2) is 35.7 Å². The number of nitrogens with zero attached hydrogens (tertiary/aromatic N) is 3. The second-order valence-electron chi connectivity index (χ2n) is 6.01. The quantitative estimate of drug-likeness (QED) is 0.728. The number of likely N-dealkylation sites (tertiary alicyclic amines) is 1. The Morgan fingerprint density at radius 2 is 2.04 bits per heavy atom. The zero-order chi connectivity index (χ0) is 16.4. The summed E-state index contributed by atoms with van der Waals surface area (Å²) in [5.74, 6) is 1.64. The standard InChI is InChI=1S/C18H19ClN4S/c19-13-5-6-14-15(12-13)21-18(16-4-3-11-24-16)22-17(14)20-7-10-23-8-1-2-9-23/h3-6,11-12H,1-2,7-10H2,(H,20,21,22). The third-order valence-electron chi connectivity index (χ3n) is 4.32. The first kappa shape index (κ1) is 15.8. The predicted octanol–water partition coefficient (Wildman–Crippen LogP) is 4.52. The minimum absolute atomic E-state index is 0.696. The Labute approximate surface area is 150 Å². The van der Waals surface area contributed by atoms with E-state index in [1.165, 1.54) is 25.9 Å². The van der Waals surface area contributed by atoms with Crippen LogP contribution in [0.1, 0.15) is 12.8 Å². The van der Waals surface area contributed by atoms with Gasteiger partial charge in [-0.15, -0.1) is 11.3 Å². The lowest BCUT2D eigenvalue weighted by Crippen LogP contribution is -2.26. The Hall–Kier alpha value is -1.69. The molecule has 24 heavy (non-hydrogen) atoms. The molecule has 3 heterocycles. The maximum atomic E-state index is 6.15. The summed E-state index contributed by atoms with van der Waals surface area (Å²) < 4.78 is 0. The van der Waals surface area contributed by atoms with Crippen LogP contribution in [0.25, 0.3) is 21.6 Å². The number of thiophene rings is 1. The van der Waals surface area contributed by atoms with Gasteiger partial charge >= 0.3 is 0 Å². The fourth-order valence-corrected chi connectivity index (χ4v) is 3.92. The Morgan fingerprint density at radius 1 is 1.17 bits per heavy atom. The van der Waals surface area contributed by atoms with E-state index >= 15 is 0 Å². The maximum absolute atomic E-state index is 6.15. The molecule has 1 aromatic carbocycles. The molecular weight excluding hydrogens is 340 g/mol. The smallest absolute Gasteiger partial charge is 0.172 e. The zero-order valence-corrected chi connectivity index (χ0v) is 14.9. The van der Waals surface area contributed by atoms with E-state index in [2.05, 4.69) is 15.2 Å². The van der Waals surface area contributed by atoms with Crippen molar-refractivity contribution in [2.24, 2.45) is 0 Å². The van der Waals surface area contributed by atoms with E-state index in [-0.39, 0.29) is 0 Å². The number of hydrogen-bond donors (Lipinski definition) is 1. The van der Waals surface area contributed by atoms with Gasteiger partial charge in [-0.2, -0.15) is 0 Å². The van der Waals surface area contributed by atoms with Crippen LogP contribution in [-0.4, -0.2) is 41.0 Å². The number of halogens is 1. The van der Waals surface area contributed by atoms with E-state index in [4.69, 9.17) is 16.6 Å². The first-order valence-electron chi connectivity index (χ1n) is 8.27. The van der Waals surface area contributed by atoms with Gasteiger partial charge in [-0.3, -0.25) is 0 Å². The molecule has 0 aliphatic carbocycles. The lowest BCUT2D eigenvalue weighted by atomic mass is 10.2. The minimum atomic E-state index is 0.696. The van der Waals surface area contributed by atoms with Crippen LogP contribution in [0.5, 0.6) is 0 Å². The van der Waals surface area contributed by atoms with Crippen LogP contribution in [0.4, 0.5) is 5.82 Å². The Kier molecular flexibility index (Phi) is 4.65. The van der Waals surface area contributed by atoms with Gasteiger partial charge in [0.1, 0.15) is 5.82 Å². The highest BCUT2D eigenvalue weighted by molar-refractivity contribution is 7.13. The van der Waals surface area contributed by atoms with Crippen molar-refractivity contribution >= 4 is 39.7 Å². The van der Waals surface area contributed by atoms with E-state index in [9.17, 15) is 0 Å². The number of rotatable bonds is 5. The number of anilines is 1. The Bertz CT molecular complexity index is 828. The molecule has 1 fully saturated rings. The lowest BCUT2D eigenvalue weighted by Gasteiger charge is -2.16. The van der Waals surface area contributed by atoms with Crippen molar-refractivity contribution in [2.45, 2.75) is 12.8 Å². The second kappa shape index (κ2) is 7.05. The van der Waals surface area contributed by atoms with Gasteiger partial charge in [0, 0.05) is 23.5 Å². The monoisotopic (exact) mass is 358 g/mol. The molecule has 0 saturated carbocycles. The summed E-state index contributed by atoms with van der Waals surface area (Å²) >= 11 is 7.80. The van der Waals surface area contributed by atoms with Crippen molar-refractivity contribution in [1.29, 1.82) is 0 Å². The van der Waals surface area contributed by atoms with Crippen molar-refractivity contribution in [2.75, 3.05) is 31.5 Å². The first-order valence-corrected chi connectivity index (χ1v) is 9.53. The molecule has 2 aromatic heterocycles. The van der Waals surface area contributed by atoms with E-state index in [1.54, 1.807) is 11.3 Å². The predicted molar refractivity (Wildman–Crippen MR) is 102 cm³/mol. The summed E-state index contributed by atoms with van der Waals surface area (Å²) in [5, 5.41) is 7.26. The summed E-state index contributed by atoms with van der Waals surface area (Å²) in [5.41, 5.74) is 0.879. The molecule has 1 saturated heterocycles. The molecule has 124 valence electrons. The zero-order valence-electron chi connectivity index (χ0n) is 13.3.